The Bertz CT molecular complexity index is 548. The normalized spacial score (nSPS) is 11.4. The van der Waals surface area contributed by atoms with E-state index in [0.29, 0.717) is 0 Å². The van der Waals surface area contributed by atoms with Gasteiger partial charge in [-0.25, -0.2) is 4.98 Å². The number of nitrogens with one attached hydrogen (secondary N) is 2. The zero-order chi connectivity index (χ0) is 16.2. The number of aryl methyl sites for hydroxylation is 2. The van der Waals surface area contributed by atoms with Crippen LogP contribution < -0.4 is 10.6 Å². The van der Waals surface area contributed by atoms with Crippen LogP contribution in [0.1, 0.15) is 25.3 Å². The van der Waals surface area contributed by atoms with Crippen LogP contribution in [-0.4, -0.2) is 35.1 Å². The van der Waals surface area contributed by atoms with E-state index in [4.69, 9.17) is 0 Å². The van der Waals surface area contributed by atoms with Gasteiger partial charge in [0.05, 0.1) is 6.33 Å². The van der Waals surface area contributed by atoms with E-state index in [1.807, 2.05) is 18.7 Å². The van der Waals surface area contributed by atoms with Crippen molar-refractivity contribution in [2.45, 2.75) is 32.7 Å². The van der Waals surface area contributed by atoms with E-state index in [1.54, 1.807) is 0 Å². The van der Waals surface area contributed by atoms with Gasteiger partial charge in [0.1, 0.15) is 0 Å². The Hall–Kier alpha value is -2.30. The van der Waals surface area contributed by atoms with Crippen LogP contribution in [0.2, 0.25) is 0 Å². The Morgan fingerprint density at radius 3 is 2.78 bits per heavy atom. The molecule has 0 radical (unpaired) electrons. The van der Waals surface area contributed by atoms with Crippen molar-refractivity contribution in [3.63, 3.8) is 0 Å². The van der Waals surface area contributed by atoms with Crippen molar-refractivity contribution in [3.8, 4) is 0 Å². The molecule has 0 atom stereocenters. The van der Waals surface area contributed by atoms with Crippen molar-refractivity contribution in [2.75, 3.05) is 19.6 Å². The molecule has 0 saturated heterocycles. The predicted octanol–water partition coefficient (Wildman–Crippen LogP) is 2.46. The van der Waals surface area contributed by atoms with E-state index >= 15 is 0 Å². The molecule has 2 aromatic rings. The number of benzene rings is 1. The maximum Gasteiger partial charge on any atom is 0.191 e. The summed E-state index contributed by atoms with van der Waals surface area (Å²) in [5.41, 5.74) is 1.39. The van der Waals surface area contributed by atoms with Gasteiger partial charge in [-0.2, -0.15) is 0 Å². The number of nitrogens with zero attached hydrogens (tertiary/aromatic N) is 3. The van der Waals surface area contributed by atoms with Crippen LogP contribution in [0.3, 0.4) is 0 Å². The highest BCUT2D eigenvalue weighted by molar-refractivity contribution is 5.79. The van der Waals surface area contributed by atoms with Crippen LogP contribution in [-0.2, 0) is 13.0 Å². The molecule has 0 spiro atoms. The van der Waals surface area contributed by atoms with Crippen LogP contribution in [0, 0.1) is 0 Å². The molecule has 2 N–H and O–H groups in total. The van der Waals surface area contributed by atoms with Crippen LogP contribution >= 0.6 is 0 Å². The van der Waals surface area contributed by atoms with E-state index in [1.165, 1.54) is 5.56 Å². The minimum Gasteiger partial charge on any atom is -0.357 e. The summed E-state index contributed by atoms with van der Waals surface area (Å²) in [6.45, 7) is 5.67. The molecule has 0 aliphatic carbocycles. The second-order valence-corrected chi connectivity index (χ2v) is 5.43. The fourth-order valence-corrected chi connectivity index (χ4v) is 2.35. The van der Waals surface area contributed by atoms with Gasteiger partial charge >= 0.3 is 0 Å². The molecule has 0 bridgehead atoms. The molecule has 0 saturated carbocycles. The minimum absolute atomic E-state index is 0.812. The van der Waals surface area contributed by atoms with Gasteiger partial charge < -0.3 is 15.2 Å². The first-order valence-corrected chi connectivity index (χ1v) is 8.40. The summed E-state index contributed by atoms with van der Waals surface area (Å²) in [7, 11) is 0. The van der Waals surface area contributed by atoms with Crippen molar-refractivity contribution >= 4 is 5.96 Å². The summed E-state index contributed by atoms with van der Waals surface area (Å²) in [5, 5.41) is 6.70. The lowest BCUT2D eigenvalue weighted by molar-refractivity contribution is 0.646. The largest absolute Gasteiger partial charge is 0.357 e. The van der Waals surface area contributed by atoms with Crippen molar-refractivity contribution in [3.05, 3.63) is 54.6 Å². The predicted molar refractivity (Wildman–Crippen MR) is 95.6 cm³/mol. The fraction of sp³-hybridized carbons (Fsp3) is 0.444. The number of guanidine groups is 1. The Labute approximate surface area is 138 Å². The second kappa shape index (κ2) is 10.4. The second-order valence-electron chi connectivity index (χ2n) is 5.43. The van der Waals surface area contributed by atoms with E-state index < -0.39 is 0 Å². The van der Waals surface area contributed by atoms with E-state index in [0.717, 1.165) is 51.4 Å². The molecule has 23 heavy (non-hydrogen) atoms. The first kappa shape index (κ1) is 17.1. The first-order valence-electron chi connectivity index (χ1n) is 8.40. The number of rotatable bonds is 9. The third-order valence-corrected chi connectivity index (χ3v) is 3.53. The molecule has 0 amide bonds. The van der Waals surface area contributed by atoms with Crippen molar-refractivity contribution in [1.29, 1.82) is 0 Å². The number of aliphatic imine (C=N–C) groups is 1. The minimum atomic E-state index is 0.812. The zero-order valence-electron chi connectivity index (χ0n) is 13.9. The van der Waals surface area contributed by atoms with Gasteiger partial charge in [-0.3, -0.25) is 4.99 Å². The molecule has 2 rings (SSSR count). The first-order chi connectivity index (χ1) is 11.4. The molecule has 1 heterocycles. The molecule has 0 unspecified atom stereocenters. The lowest BCUT2D eigenvalue weighted by Crippen LogP contribution is -2.38. The molecular weight excluding hydrogens is 286 g/mol. The van der Waals surface area contributed by atoms with Gasteiger partial charge in [0.25, 0.3) is 0 Å². The zero-order valence-corrected chi connectivity index (χ0v) is 13.9. The Morgan fingerprint density at radius 2 is 2.04 bits per heavy atom. The molecule has 124 valence electrons. The topological polar surface area (TPSA) is 54.2 Å². The Kier molecular flexibility index (Phi) is 7.74. The third kappa shape index (κ3) is 7.00. The van der Waals surface area contributed by atoms with Gasteiger partial charge in [0.15, 0.2) is 5.96 Å². The lowest BCUT2D eigenvalue weighted by Gasteiger charge is -2.11. The van der Waals surface area contributed by atoms with E-state index in [2.05, 4.69) is 62.4 Å². The van der Waals surface area contributed by atoms with Gasteiger partial charge in [-0.05, 0) is 31.7 Å². The number of imidazole rings is 1. The standard InChI is InChI=1S/C18H27N5/c1-2-20-18(22-12-7-14-23-15-13-19-16-23)21-11-6-10-17-8-4-3-5-9-17/h3-5,8-9,13,15-16H,2,6-7,10-12,14H2,1H3,(H2,20,21,22). The molecular formula is C18H27N5. The number of hydrogen-bond donors (Lipinski definition) is 2. The fourth-order valence-electron chi connectivity index (χ4n) is 2.35. The molecule has 1 aromatic heterocycles. The van der Waals surface area contributed by atoms with Crippen LogP contribution in [0.5, 0.6) is 0 Å². The number of aromatic nitrogens is 2. The van der Waals surface area contributed by atoms with E-state index in [9.17, 15) is 0 Å². The highest BCUT2D eigenvalue weighted by Crippen LogP contribution is 2.01. The molecule has 5 heteroatoms. The molecule has 0 aliphatic heterocycles. The van der Waals surface area contributed by atoms with Gasteiger partial charge in [0, 0.05) is 38.6 Å². The van der Waals surface area contributed by atoms with Crippen molar-refractivity contribution in [2.24, 2.45) is 4.99 Å². The summed E-state index contributed by atoms with van der Waals surface area (Å²) < 4.78 is 2.08. The summed E-state index contributed by atoms with van der Waals surface area (Å²) in [6.07, 6.45) is 8.84. The SMILES string of the molecule is CCNC(=NCCCn1ccnc1)NCCCc1ccccc1. The third-order valence-electron chi connectivity index (χ3n) is 3.53. The van der Waals surface area contributed by atoms with Gasteiger partial charge in [-0.1, -0.05) is 30.3 Å². The highest BCUT2D eigenvalue weighted by Gasteiger charge is 1.97. The average molecular weight is 313 g/mol. The molecule has 1 aromatic carbocycles. The van der Waals surface area contributed by atoms with Crippen LogP contribution in [0.25, 0.3) is 0 Å². The summed E-state index contributed by atoms with van der Waals surface area (Å²) in [5.74, 6) is 0.909. The Morgan fingerprint density at radius 1 is 1.17 bits per heavy atom. The monoisotopic (exact) mass is 313 g/mol. The van der Waals surface area contributed by atoms with Crippen LogP contribution in [0.4, 0.5) is 0 Å². The van der Waals surface area contributed by atoms with Crippen molar-refractivity contribution in [1.82, 2.24) is 20.2 Å². The summed E-state index contributed by atoms with van der Waals surface area (Å²) >= 11 is 0. The quantitative estimate of drug-likeness (QED) is 0.425. The van der Waals surface area contributed by atoms with Gasteiger partial charge in [0.2, 0.25) is 0 Å². The summed E-state index contributed by atoms with van der Waals surface area (Å²) in [4.78, 5) is 8.66. The maximum absolute atomic E-state index is 4.62. The average Bonchev–Trinajstić information content (AvgIpc) is 3.10. The van der Waals surface area contributed by atoms with Gasteiger partial charge in [-0.15, -0.1) is 0 Å². The molecule has 5 nitrogen and oxygen atoms in total. The maximum atomic E-state index is 4.62. The molecule has 0 fully saturated rings. The smallest absolute Gasteiger partial charge is 0.191 e. The lowest BCUT2D eigenvalue weighted by atomic mass is 10.1. The molecule has 0 aliphatic rings. The summed E-state index contributed by atoms with van der Waals surface area (Å²) in [6, 6.07) is 10.6. The Balaban J connectivity index is 1.64. The number of hydrogen-bond acceptors (Lipinski definition) is 2. The van der Waals surface area contributed by atoms with Crippen LogP contribution in [0.15, 0.2) is 54.0 Å². The highest BCUT2D eigenvalue weighted by atomic mass is 15.2. The van der Waals surface area contributed by atoms with Crippen molar-refractivity contribution < 1.29 is 0 Å². The van der Waals surface area contributed by atoms with E-state index in [-0.39, 0.29) is 0 Å².